The van der Waals surface area contributed by atoms with E-state index >= 15 is 0 Å². The summed E-state index contributed by atoms with van der Waals surface area (Å²) in [5.41, 5.74) is -0.426. The minimum absolute atomic E-state index is 0.0494. The molecule has 0 spiro atoms. The predicted octanol–water partition coefficient (Wildman–Crippen LogP) is 2.00. The summed E-state index contributed by atoms with van der Waals surface area (Å²) in [5, 5.41) is 9.14. The lowest BCUT2D eigenvalue weighted by Crippen LogP contribution is -2.43. The van der Waals surface area contributed by atoms with E-state index in [1.165, 1.54) is 4.90 Å². The van der Waals surface area contributed by atoms with Crippen LogP contribution in [0.25, 0.3) is 0 Å². The molecule has 0 bridgehead atoms. The van der Waals surface area contributed by atoms with Crippen molar-refractivity contribution in [2.75, 3.05) is 12.3 Å². The number of carbonyl (C=O) groups excluding carboxylic acids is 2. The zero-order chi connectivity index (χ0) is 15.5. The third kappa shape index (κ3) is 4.23. The molecule has 6 heteroatoms. The molecule has 2 atom stereocenters. The number of carbonyl (C=O) groups is 3. The first-order valence-corrected chi connectivity index (χ1v) is 7.83. The first-order chi connectivity index (χ1) is 9.14. The van der Waals surface area contributed by atoms with Crippen molar-refractivity contribution in [1.82, 2.24) is 4.90 Å². The van der Waals surface area contributed by atoms with Gasteiger partial charge in [-0.25, -0.2) is 4.79 Å². The van der Waals surface area contributed by atoms with Crippen LogP contribution in [0.4, 0.5) is 0 Å². The molecule has 1 N–H and O–H groups in total. The van der Waals surface area contributed by atoms with Crippen molar-refractivity contribution in [3.63, 3.8) is 0 Å². The topological polar surface area (TPSA) is 74.7 Å². The Labute approximate surface area is 124 Å². The van der Waals surface area contributed by atoms with Crippen molar-refractivity contribution in [3.05, 3.63) is 0 Å². The van der Waals surface area contributed by atoms with Crippen LogP contribution in [0.3, 0.4) is 0 Å². The highest BCUT2D eigenvalue weighted by Crippen LogP contribution is 2.26. The number of aliphatic carboxylic acids is 1. The number of hydrogen-bond donors (Lipinski definition) is 1. The highest BCUT2D eigenvalue weighted by atomic mass is 32.2. The molecule has 0 saturated carbocycles. The summed E-state index contributed by atoms with van der Waals surface area (Å²) >= 11 is 1.15. The van der Waals surface area contributed by atoms with Crippen molar-refractivity contribution in [2.24, 2.45) is 11.3 Å². The van der Waals surface area contributed by atoms with E-state index in [1.54, 1.807) is 6.92 Å². The van der Waals surface area contributed by atoms with E-state index in [-0.39, 0.29) is 16.9 Å². The Morgan fingerprint density at radius 3 is 2.45 bits per heavy atom. The summed E-state index contributed by atoms with van der Waals surface area (Å²) in [5.74, 6) is -1.05. The van der Waals surface area contributed by atoms with Crippen molar-refractivity contribution < 1.29 is 19.5 Å². The molecule has 20 heavy (non-hydrogen) atoms. The molecule has 1 heterocycles. The van der Waals surface area contributed by atoms with Gasteiger partial charge in [-0.1, -0.05) is 39.5 Å². The van der Waals surface area contributed by atoms with Crippen LogP contribution in [0.5, 0.6) is 0 Å². The molecule has 0 aliphatic carbocycles. The van der Waals surface area contributed by atoms with E-state index in [4.69, 9.17) is 5.11 Å². The van der Waals surface area contributed by atoms with E-state index in [9.17, 15) is 14.4 Å². The zero-order valence-corrected chi connectivity index (χ0v) is 13.3. The van der Waals surface area contributed by atoms with Gasteiger partial charge in [-0.05, 0) is 12.8 Å². The molecule has 1 fully saturated rings. The summed E-state index contributed by atoms with van der Waals surface area (Å²) in [6, 6.07) is -0.701. The number of carboxylic acids is 1. The van der Waals surface area contributed by atoms with Crippen LogP contribution in [0.1, 0.15) is 40.5 Å². The summed E-state index contributed by atoms with van der Waals surface area (Å²) < 4.78 is 0. The van der Waals surface area contributed by atoms with E-state index in [1.807, 2.05) is 20.8 Å². The number of rotatable bonds is 4. The Hall–Kier alpha value is -1.04. The third-order valence-electron chi connectivity index (χ3n) is 3.32. The molecule has 0 unspecified atom stereocenters. The quantitative estimate of drug-likeness (QED) is 0.859. The van der Waals surface area contributed by atoms with Crippen molar-refractivity contribution in [3.8, 4) is 0 Å². The van der Waals surface area contributed by atoms with Gasteiger partial charge in [0.1, 0.15) is 6.04 Å². The van der Waals surface area contributed by atoms with Gasteiger partial charge in [-0.2, -0.15) is 0 Å². The third-order valence-corrected chi connectivity index (χ3v) is 4.86. The second-order valence-corrected chi connectivity index (χ2v) is 7.27. The fourth-order valence-corrected chi connectivity index (χ4v) is 3.04. The molecule has 1 aliphatic rings. The predicted molar refractivity (Wildman–Crippen MR) is 78.5 cm³/mol. The number of nitrogens with zero attached hydrogens (tertiary/aromatic N) is 1. The van der Waals surface area contributed by atoms with Gasteiger partial charge in [0, 0.05) is 23.6 Å². The minimum Gasteiger partial charge on any atom is -0.480 e. The van der Waals surface area contributed by atoms with E-state index in [2.05, 4.69) is 0 Å². The van der Waals surface area contributed by atoms with Gasteiger partial charge in [0.2, 0.25) is 5.91 Å². The highest BCUT2D eigenvalue weighted by molar-refractivity contribution is 8.13. The van der Waals surface area contributed by atoms with Crippen LogP contribution in [-0.4, -0.2) is 45.3 Å². The largest absolute Gasteiger partial charge is 0.480 e. The second kappa shape index (κ2) is 6.61. The number of amides is 1. The van der Waals surface area contributed by atoms with Gasteiger partial charge in [0.05, 0.1) is 0 Å². The molecule has 0 radical (unpaired) electrons. The van der Waals surface area contributed by atoms with Gasteiger partial charge >= 0.3 is 5.97 Å². The van der Waals surface area contributed by atoms with Crippen LogP contribution in [0.15, 0.2) is 0 Å². The molecule has 0 aromatic heterocycles. The Morgan fingerprint density at radius 2 is 1.95 bits per heavy atom. The Bertz CT molecular complexity index is 402. The van der Waals surface area contributed by atoms with Crippen LogP contribution < -0.4 is 0 Å². The minimum atomic E-state index is -0.943. The lowest BCUT2D eigenvalue weighted by Gasteiger charge is -2.25. The number of likely N-dealkylation sites (tertiary alicyclic amines) is 1. The van der Waals surface area contributed by atoms with Gasteiger partial charge in [0.15, 0.2) is 5.12 Å². The molecule has 1 aliphatic heterocycles. The molecule has 5 nitrogen and oxygen atoms in total. The summed E-state index contributed by atoms with van der Waals surface area (Å²) in [6.45, 7) is 7.78. The molecule has 1 amide bonds. The van der Waals surface area contributed by atoms with Crippen LogP contribution >= 0.6 is 11.8 Å². The van der Waals surface area contributed by atoms with Crippen LogP contribution in [0, 0.1) is 11.3 Å². The molecule has 1 saturated heterocycles. The number of hydrogen-bond acceptors (Lipinski definition) is 4. The van der Waals surface area contributed by atoms with E-state index in [0.29, 0.717) is 18.7 Å². The average molecular weight is 301 g/mol. The number of thioether (sulfide) groups is 1. The molecule has 0 aromatic carbocycles. The SMILES string of the molecule is C[C@@H](CSC(=O)C(C)(C)C)C(=O)N1CCC[C@@H]1C(=O)O. The standard InChI is InChI=1S/C14H23NO4S/c1-9(8-20-13(19)14(2,3)4)11(16)15-7-5-6-10(15)12(17)18/h9-10H,5-8H2,1-4H3,(H,17,18)/t9-,10+/m0/s1. The fraction of sp³-hybridized carbons (Fsp3) is 0.786. The van der Waals surface area contributed by atoms with Gasteiger partial charge in [0.25, 0.3) is 0 Å². The van der Waals surface area contributed by atoms with Gasteiger partial charge in [-0.3, -0.25) is 9.59 Å². The molecule has 1 rings (SSSR count). The van der Waals surface area contributed by atoms with Crippen molar-refractivity contribution >= 4 is 28.8 Å². The monoisotopic (exact) mass is 301 g/mol. The van der Waals surface area contributed by atoms with Crippen molar-refractivity contribution in [1.29, 1.82) is 0 Å². The smallest absolute Gasteiger partial charge is 0.326 e. The lowest BCUT2D eigenvalue weighted by atomic mass is 10.00. The summed E-state index contributed by atoms with van der Waals surface area (Å²) in [7, 11) is 0. The lowest BCUT2D eigenvalue weighted by molar-refractivity contribution is -0.149. The molecule has 0 aromatic rings. The molecular weight excluding hydrogens is 278 g/mol. The Morgan fingerprint density at radius 1 is 1.35 bits per heavy atom. The number of carboxylic acid groups (broad SMARTS) is 1. The van der Waals surface area contributed by atoms with Crippen LogP contribution in [-0.2, 0) is 14.4 Å². The maximum absolute atomic E-state index is 12.3. The maximum atomic E-state index is 12.3. The molecule has 114 valence electrons. The van der Waals surface area contributed by atoms with Crippen LogP contribution in [0.2, 0.25) is 0 Å². The summed E-state index contributed by atoms with van der Waals surface area (Å²) in [6.07, 6.45) is 1.24. The fourth-order valence-electron chi connectivity index (χ4n) is 2.06. The van der Waals surface area contributed by atoms with Gasteiger partial charge in [-0.15, -0.1) is 0 Å². The normalized spacial score (nSPS) is 20.8. The van der Waals surface area contributed by atoms with E-state index in [0.717, 1.165) is 18.2 Å². The maximum Gasteiger partial charge on any atom is 0.326 e. The van der Waals surface area contributed by atoms with E-state index < -0.39 is 17.4 Å². The average Bonchev–Trinajstić information content (AvgIpc) is 2.82. The van der Waals surface area contributed by atoms with Crippen molar-refractivity contribution in [2.45, 2.75) is 46.6 Å². The zero-order valence-electron chi connectivity index (χ0n) is 12.5. The first kappa shape index (κ1) is 17.0. The van der Waals surface area contributed by atoms with Gasteiger partial charge < -0.3 is 10.0 Å². The highest BCUT2D eigenvalue weighted by Gasteiger charge is 2.36. The molecular formula is C14H23NO4S. The Balaban J connectivity index is 2.55. The Kier molecular flexibility index (Phi) is 5.62. The summed E-state index contributed by atoms with van der Waals surface area (Å²) in [4.78, 5) is 36.6. The second-order valence-electron chi connectivity index (χ2n) is 6.28. The first-order valence-electron chi connectivity index (χ1n) is 6.85.